The Kier molecular flexibility index (Phi) is 4.74. The molecule has 0 saturated carbocycles. The smallest absolute Gasteiger partial charge is 0.0247 e. The molecule has 1 aliphatic rings. The summed E-state index contributed by atoms with van der Waals surface area (Å²) in [5.74, 6) is 9.03. The van der Waals surface area contributed by atoms with Crippen molar-refractivity contribution in [2.24, 2.45) is 17.2 Å². The summed E-state index contributed by atoms with van der Waals surface area (Å²) in [5, 5.41) is 0. The summed E-state index contributed by atoms with van der Waals surface area (Å²) in [4.78, 5) is 0. The fourth-order valence-electron chi connectivity index (χ4n) is 1.91. The normalized spacial score (nSPS) is 25.3. The molecule has 0 aromatic heterocycles. The minimum Gasteiger partial charge on any atom is -0.271 e. The summed E-state index contributed by atoms with van der Waals surface area (Å²) in [7, 11) is 0. The van der Waals surface area contributed by atoms with Crippen molar-refractivity contribution in [1.82, 2.24) is 5.43 Å². The molecule has 1 rings (SSSR count). The molecule has 14 heavy (non-hydrogen) atoms. The molecule has 2 atom stereocenters. The molecule has 0 bridgehead atoms. The molecule has 1 heterocycles. The maximum absolute atomic E-state index is 5.62. The average Bonchev–Trinajstić information content (AvgIpc) is 2.56. The van der Waals surface area contributed by atoms with Crippen molar-refractivity contribution >= 4 is 11.8 Å². The van der Waals surface area contributed by atoms with Crippen molar-refractivity contribution in [1.29, 1.82) is 0 Å². The van der Waals surface area contributed by atoms with Gasteiger partial charge in [0.05, 0.1) is 0 Å². The molecule has 0 aromatic carbocycles. The Morgan fingerprint density at radius 2 is 2.21 bits per heavy atom. The number of hydrazine groups is 1. The average molecular weight is 216 g/mol. The topological polar surface area (TPSA) is 38.0 Å². The first-order chi connectivity index (χ1) is 6.53. The van der Waals surface area contributed by atoms with Crippen LogP contribution in [0.5, 0.6) is 0 Å². The zero-order valence-corrected chi connectivity index (χ0v) is 10.5. The van der Waals surface area contributed by atoms with Crippen LogP contribution in [0, 0.1) is 11.3 Å². The molecule has 1 fully saturated rings. The van der Waals surface area contributed by atoms with Gasteiger partial charge in [-0.15, -0.1) is 0 Å². The predicted molar refractivity (Wildman–Crippen MR) is 65.2 cm³/mol. The summed E-state index contributed by atoms with van der Waals surface area (Å²) >= 11 is 2.06. The standard InChI is InChI=1S/C11H24N2S/c1-11(2,3)6-4-10(13-12)9-5-7-14-8-9/h9-10,13H,4-8,12H2,1-3H3. The molecule has 0 spiro atoms. The summed E-state index contributed by atoms with van der Waals surface area (Å²) in [6.45, 7) is 6.89. The molecular weight excluding hydrogens is 192 g/mol. The Bertz CT molecular complexity index is 159. The third-order valence-corrected chi connectivity index (χ3v) is 4.14. The fourth-order valence-corrected chi connectivity index (χ4v) is 3.25. The van der Waals surface area contributed by atoms with Crippen LogP contribution < -0.4 is 11.3 Å². The van der Waals surface area contributed by atoms with E-state index in [1.165, 1.54) is 30.8 Å². The number of nitrogens with two attached hydrogens (primary N) is 1. The Hall–Kier alpha value is 0.270. The number of hydrogen-bond acceptors (Lipinski definition) is 3. The van der Waals surface area contributed by atoms with Gasteiger partial charge in [0.25, 0.3) is 0 Å². The lowest BCUT2D eigenvalue weighted by molar-refractivity contribution is 0.291. The van der Waals surface area contributed by atoms with Gasteiger partial charge >= 0.3 is 0 Å². The van der Waals surface area contributed by atoms with Gasteiger partial charge < -0.3 is 0 Å². The van der Waals surface area contributed by atoms with E-state index in [0.29, 0.717) is 11.5 Å². The molecule has 3 heteroatoms. The third-order valence-electron chi connectivity index (χ3n) is 2.95. The first-order valence-corrected chi connectivity index (χ1v) is 6.72. The zero-order chi connectivity index (χ0) is 10.6. The summed E-state index contributed by atoms with van der Waals surface area (Å²) in [6.07, 6.45) is 3.80. The lowest BCUT2D eigenvalue weighted by Crippen LogP contribution is -2.41. The Morgan fingerprint density at radius 3 is 2.64 bits per heavy atom. The van der Waals surface area contributed by atoms with Crippen LogP contribution in [0.2, 0.25) is 0 Å². The van der Waals surface area contributed by atoms with Gasteiger partial charge in [0.15, 0.2) is 0 Å². The van der Waals surface area contributed by atoms with E-state index in [4.69, 9.17) is 5.84 Å². The molecule has 0 amide bonds. The van der Waals surface area contributed by atoms with Gasteiger partial charge in [0, 0.05) is 6.04 Å². The number of rotatable bonds is 4. The summed E-state index contributed by atoms with van der Waals surface area (Å²) in [5.41, 5.74) is 3.43. The van der Waals surface area contributed by atoms with Crippen molar-refractivity contribution in [3.8, 4) is 0 Å². The van der Waals surface area contributed by atoms with Crippen molar-refractivity contribution in [3.05, 3.63) is 0 Å². The van der Waals surface area contributed by atoms with Crippen LogP contribution in [0.25, 0.3) is 0 Å². The van der Waals surface area contributed by atoms with Crippen molar-refractivity contribution in [2.75, 3.05) is 11.5 Å². The van der Waals surface area contributed by atoms with Gasteiger partial charge in [-0.2, -0.15) is 11.8 Å². The Balaban J connectivity index is 2.31. The molecule has 0 aliphatic carbocycles. The van der Waals surface area contributed by atoms with E-state index in [2.05, 4.69) is 38.0 Å². The summed E-state index contributed by atoms with van der Waals surface area (Å²) < 4.78 is 0. The minimum absolute atomic E-state index is 0.431. The van der Waals surface area contributed by atoms with Gasteiger partial charge in [-0.3, -0.25) is 11.3 Å². The van der Waals surface area contributed by atoms with E-state index >= 15 is 0 Å². The predicted octanol–water partition coefficient (Wildman–Crippen LogP) is 2.40. The van der Waals surface area contributed by atoms with Crippen molar-refractivity contribution in [3.63, 3.8) is 0 Å². The van der Waals surface area contributed by atoms with Gasteiger partial charge in [-0.1, -0.05) is 20.8 Å². The van der Waals surface area contributed by atoms with E-state index in [-0.39, 0.29) is 0 Å². The molecule has 3 N–H and O–H groups in total. The van der Waals surface area contributed by atoms with E-state index in [1.54, 1.807) is 0 Å². The van der Waals surface area contributed by atoms with E-state index in [0.717, 1.165) is 5.92 Å². The Labute approximate surface area is 92.4 Å². The summed E-state index contributed by atoms with van der Waals surface area (Å²) in [6, 6.07) is 0.532. The van der Waals surface area contributed by atoms with Gasteiger partial charge in [0.1, 0.15) is 0 Å². The van der Waals surface area contributed by atoms with E-state index in [9.17, 15) is 0 Å². The fraction of sp³-hybridized carbons (Fsp3) is 1.00. The van der Waals surface area contributed by atoms with Crippen LogP contribution in [0.3, 0.4) is 0 Å². The highest BCUT2D eigenvalue weighted by atomic mass is 32.2. The van der Waals surface area contributed by atoms with Crippen LogP contribution in [-0.2, 0) is 0 Å². The quantitative estimate of drug-likeness (QED) is 0.560. The van der Waals surface area contributed by atoms with E-state index in [1.807, 2.05) is 0 Å². The van der Waals surface area contributed by atoms with Crippen molar-refractivity contribution < 1.29 is 0 Å². The molecule has 0 radical (unpaired) electrons. The van der Waals surface area contributed by atoms with Crippen LogP contribution in [0.15, 0.2) is 0 Å². The molecule has 2 unspecified atom stereocenters. The zero-order valence-electron chi connectivity index (χ0n) is 9.68. The van der Waals surface area contributed by atoms with E-state index < -0.39 is 0 Å². The number of thioether (sulfide) groups is 1. The van der Waals surface area contributed by atoms with Crippen LogP contribution in [0.4, 0.5) is 0 Å². The highest BCUT2D eigenvalue weighted by Crippen LogP contribution is 2.30. The SMILES string of the molecule is CC(C)(C)CCC(NN)C1CCSC1. The maximum Gasteiger partial charge on any atom is 0.0247 e. The monoisotopic (exact) mass is 216 g/mol. The number of nitrogens with one attached hydrogen (secondary N) is 1. The molecule has 2 nitrogen and oxygen atoms in total. The van der Waals surface area contributed by atoms with Gasteiger partial charge in [-0.05, 0) is 42.1 Å². The van der Waals surface area contributed by atoms with Crippen LogP contribution in [-0.4, -0.2) is 17.5 Å². The molecule has 0 aromatic rings. The third kappa shape index (κ3) is 4.20. The molecular formula is C11H24N2S. The lowest BCUT2D eigenvalue weighted by atomic mass is 9.85. The largest absolute Gasteiger partial charge is 0.271 e. The van der Waals surface area contributed by atoms with Gasteiger partial charge in [0.2, 0.25) is 0 Å². The highest BCUT2D eigenvalue weighted by molar-refractivity contribution is 7.99. The Morgan fingerprint density at radius 1 is 1.50 bits per heavy atom. The van der Waals surface area contributed by atoms with Crippen LogP contribution >= 0.6 is 11.8 Å². The van der Waals surface area contributed by atoms with Crippen LogP contribution in [0.1, 0.15) is 40.0 Å². The molecule has 1 saturated heterocycles. The second-order valence-corrected chi connectivity index (χ2v) is 6.65. The second-order valence-electron chi connectivity index (χ2n) is 5.50. The first kappa shape index (κ1) is 12.3. The van der Waals surface area contributed by atoms with Crippen molar-refractivity contribution in [2.45, 2.75) is 46.1 Å². The molecule has 84 valence electrons. The minimum atomic E-state index is 0.431. The molecule has 1 aliphatic heterocycles. The lowest BCUT2D eigenvalue weighted by Gasteiger charge is -2.26. The number of hydrogen-bond donors (Lipinski definition) is 2. The first-order valence-electron chi connectivity index (χ1n) is 5.57. The maximum atomic E-state index is 5.62. The van der Waals surface area contributed by atoms with Gasteiger partial charge in [-0.25, -0.2) is 0 Å². The second kappa shape index (κ2) is 5.38. The highest BCUT2D eigenvalue weighted by Gasteiger charge is 2.25.